The van der Waals surface area contributed by atoms with Crippen LogP contribution in [0.4, 0.5) is 5.13 Å². The second-order valence-electron chi connectivity index (χ2n) is 7.16. The van der Waals surface area contributed by atoms with Gasteiger partial charge in [-0.3, -0.25) is 14.5 Å². The minimum absolute atomic E-state index is 0.0335. The molecule has 5 N–H and O–H groups in total. The number of oxime groups is 1. The zero-order chi connectivity index (χ0) is 23.8. The lowest BCUT2D eigenvalue weighted by molar-refractivity contribution is -0.161. The van der Waals surface area contributed by atoms with Gasteiger partial charge in [-0.1, -0.05) is 17.8 Å². The molecule has 0 aromatic carbocycles. The van der Waals surface area contributed by atoms with Gasteiger partial charge in [-0.25, -0.2) is 14.6 Å². The fraction of sp³-hybridized carbons (Fsp3) is 0.333. The number of fused-ring (bicyclic) bond motifs is 1. The number of anilines is 1. The molecule has 0 aliphatic carbocycles. The Morgan fingerprint density at radius 1 is 1.44 bits per heavy atom. The predicted molar refractivity (Wildman–Crippen MR) is 116 cm³/mol. The molecule has 2 amide bonds. The van der Waals surface area contributed by atoms with E-state index in [0.717, 1.165) is 16.2 Å². The van der Waals surface area contributed by atoms with E-state index in [9.17, 15) is 29.4 Å². The first-order valence-corrected chi connectivity index (χ1v) is 11.0. The number of nitrogens with two attached hydrogens (primary N) is 1. The van der Waals surface area contributed by atoms with Gasteiger partial charge < -0.3 is 26.1 Å². The number of thioether (sulfide) groups is 1. The maximum Gasteiger partial charge on any atom is 0.352 e. The number of aliphatic carboxylic acids is 2. The van der Waals surface area contributed by atoms with Gasteiger partial charge in [0.15, 0.2) is 10.8 Å². The number of aromatic nitrogens is 1. The fourth-order valence-corrected chi connectivity index (χ4v) is 4.70. The molecule has 3 heterocycles. The van der Waals surface area contributed by atoms with Crippen LogP contribution < -0.4 is 11.1 Å². The molecule has 2 aliphatic heterocycles. The number of nitrogen functional groups attached to an aromatic ring is 1. The fourth-order valence-electron chi connectivity index (χ4n) is 2.81. The number of rotatable bonds is 8. The van der Waals surface area contributed by atoms with Gasteiger partial charge in [-0.15, -0.1) is 23.1 Å². The smallest absolute Gasteiger partial charge is 0.352 e. The lowest BCUT2D eigenvalue weighted by Gasteiger charge is -2.49. The van der Waals surface area contributed by atoms with E-state index in [-0.39, 0.29) is 22.2 Å². The van der Waals surface area contributed by atoms with Crippen LogP contribution in [0.25, 0.3) is 0 Å². The molecule has 0 spiro atoms. The molecule has 1 unspecified atom stereocenters. The largest absolute Gasteiger partial charge is 0.478 e. The summed E-state index contributed by atoms with van der Waals surface area (Å²) in [6, 6.07) is -1.03. The highest BCUT2D eigenvalue weighted by molar-refractivity contribution is 8.00. The standard InChI is InChI=1S/C18H19N5O7S2/c1-4-7-5-31-14-10(13(25)23(14)11(7)15(26)27)21-12(24)9(8-6-32-17(19)20-8)22-30-18(2,3)16(28)29/h4,6,10,14H,1,5H2,2-3H3,(H2,19,20)(H,21,24)(H,26,27)(H,28,29)/t10?,14-/m0/s1. The summed E-state index contributed by atoms with van der Waals surface area (Å²) in [5.74, 6) is -3.76. The number of carboxylic acids is 2. The van der Waals surface area contributed by atoms with Gasteiger partial charge in [0.05, 0.1) is 0 Å². The quantitative estimate of drug-likeness (QED) is 0.228. The average Bonchev–Trinajstić information content (AvgIpc) is 3.16. The zero-order valence-electron chi connectivity index (χ0n) is 16.9. The summed E-state index contributed by atoms with van der Waals surface area (Å²) in [5.41, 5.74) is 3.77. The van der Waals surface area contributed by atoms with Crippen LogP contribution >= 0.6 is 23.1 Å². The van der Waals surface area contributed by atoms with E-state index in [0.29, 0.717) is 11.3 Å². The molecule has 1 fully saturated rings. The monoisotopic (exact) mass is 481 g/mol. The van der Waals surface area contributed by atoms with Gasteiger partial charge in [-0.2, -0.15) is 0 Å². The number of hydrogen-bond donors (Lipinski definition) is 4. The lowest BCUT2D eigenvalue weighted by atomic mass is 10.0. The Morgan fingerprint density at radius 3 is 2.66 bits per heavy atom. The SMILES string of the molecule is C=CC1=C(C(=O)O)N2C(=O)C(NC(=O)C(=NOC(C)(C)C(=O)O)c3csc(N)n3)[C@@H]2SC1. The minimum Gasteiger partial charge on any atom is -0.478 e. The van der Waals surface area contributed by atoms with Gasteiger partial charge >= 0.3 is 11.9 Å². The third-order valence-electron chi connectivity index (χ3n) is 4.59. The first-order valence-electron chi connectivity index (χ1n) is 9.03. The van der Waals surface area contributed by atoms with Crippen LogP contribution in [0.15, 0.2) is 34.5 Å². The topological polar surface area (TPSA) is 185 Å². The van der Waals surface area contributed by atoms with Crippen LogP contribution in [-0.4, -0.2) is 72.3 Å². The van der Waals surface area contributed by atoms with Crippen molar-refractivity contribution in [2.24, 2.45) is 5.16 Å². The molecule has 0 bridgehead atoms. The second kappa shape index (κ2) is 8.63. The summed E-state index contributed by atoms with van der Waals surface area (Å²) >= 11 is 2.30. The van der Waals surface area contributed by atoms with Crippen molar-refractivity contribution in [1.29, 1.82) is 0 Å². The molecule has 2 aliphatic rings. The number of carboxylic acid groups (broad SMARTS) is 2. The van der Waals surface area contributed by atoms with Crippen LogP contribution in [0, 0.1) is 0 Å². The molecule has 1 aromatic heterocycles. The number of nitrogens with zero attached hydrogens (tertiary/aromatic N) is 3. The normalized spacial score (nSPS) is 20.9. The van der Waals surface area contributed by atoms with Gasteiger partial charge in [0.2, 0.25) is 5.60 Å². The first-order chi connectivity index (χ1) is 15.0. The van der Waals surface area contributed by atoms with E-state index >= 15 is 0 Å². The average molecular weight is 482 g/mol. The van der Waals surface area contributed by atoms with E-state index < -0.39 is 40.8 Å². The second-order valence-corrected chi connectivity index (χ2v) is 9.16. The van der Waals surface area contributed by atoms with Crippen molar-refractivity contribution in [3.8, 4) is 0 Å². The molecule has 32 heavy (non-hydrogen) atoms. The van der Waals surface area contributed by atoms with Crippen LogP contribution in [0.5, 0.6) is 0 Å². The molecule has 170 valence electrons. The number of amides is 2. The number of nitrogens with one attached hydrogen (secondary N) is 1. The number of thiazole rings is 1. The van der Waals surface area contributed by atoms with E-state index in [2.05, 4.69) is 22.0 Å². The molecular weight excluding hydrogens is 462 g/mol. The molecule has 2 atom stereocenters. The Labute approximate surface area is 189 Å². The summed E-state index contributed by atoms with van der Waals surface area (Å²) in [6.45, 7) is 6.06. The number of β-lactam (4-membered cyclic amide) rings is 1. The summed E-state index contributed by atoms with van der Waals surface area (Å²) < 4.78 is 0. The third kappa shape index (κ3) is 4.18. The summed E-state index contributed by atoms with van der Waals surface area (Å²) in [4.78, 5) is 58.6. The Hall–Kier alpha value is -3.39. The van der Waals surface area contributed by atoms with Crippen LogP contribution in [0.3, 0.4) is 0 Å². The van der Waals surface area contributed by atoms with Gasteiger partial charge in [0, 0.05) is 11.1 Å². The number of carbonyl (C=O) groups is 4. The lowest BCUT2D eigenvalue weighted by Crippen LogP contribution is -2.71. The van der Waals surface area contributed by atoms with E-state index in [1.807, 2.05) is 0 Å². The minimum atomic E-state index is -1.74. The number of hydrogen-bond acceptors (Lipinski definition) is 10. The Kier molecular flexibility index (Phi) is 6.27. The van der Waals surface area contributed by atoms with Crippen molar-refractivity contribution in [2.75, 3.05) is 11.5 Å². The van der Waals surface area contributed by atoms with Crippen molar-refractivity contribution in [2.45, 2.75) is 30.9 Å². The van der Waals surface area contributed by atoms with Crippen molar-refractivity contribution >= 4 is 57.7 Å². The molecule has 14 heteroatoms. The van der Waals surface area contributed by atoms with Crippen molar-refractivity contribution in [3.63, 3.8) is 0 Å². The summed E-state index contributed by atoms with van der Waals surface area (Å²) in [5, 5.41) is 25.8. The highest BCUT2D eigenvalue weighted by atomic mass is 32.2. The van der Waals surface area contributed by atoms with E-state index in [4.69, 9.17) is 10.6 Å². The van der Waals surface area contributed by atoms with Gasteiger partial charge in [0.1, 0.15) is 22.8 Å². The van der Waals surface area contributed by atoms with Crippen LogP contribution in [0.1, 0.15) is 19.5 Å². The molecule has 3 rings (SSSR count). The molecule has 1 aromatic rings. The molecule has 12 nitrogen and oxygen atoms in total. The zero-order valence-corrected chi connectivity index (χ0v) is 18.5. The van der Waals surface area contributed by atoms with E-state index in [1.54, 1.807) is 0 Å². The van der Waals surface area contributed by atoms with Crippen LogP contribution in [0.2, 0.25) is 0 Å². The Bertz CT molecular complexity index is 1080. The summed E-state index contributed by atoms with van der Waals surface area (Å²) in [7, 11) is 0. The highest BCUT2D eigenvalue weighted by Gasteiger charge is 2.54. The van der Waals surface area contributed by atoms with Gasteiger partial charge in [0.25, 0.3) is 11.8 Å². The van der Waals surface area contributed by atoms with Crippen molar-refractivity contribution in [3.05, 3.63) is 35.0 Å². The van der Waals surface area contributed by atoms with Gasteiger partial charge in [-0.05, 0) is 19.4 Å². The van der Waals surface area contributed by atoms with Crippen LogP contribution in [-0.2, 0) is 24.0 Å². The maximum atomic E-state index is 12.9. The van der Waals surface area contributed by atoms with Crippen molar-refractivity contribution in [1.82, 2.24) is 15.2 Å². The van der Waals surface area contributed by atoms with E-state index in [1.165, 1.54) is 37.1 Å². The number of carbonyl (C=O) groups excluding carboxylic acids is 2. The molecule has 0 radical (unpaired) electrons. The maximum absolute atomic E-state index is 12.9. The molecular formula is C18H19N5O7S2. The highest BCUT2D eigenvalue weighted by Crippen LogP contribution is 2.40. The molecule has 1 saturated heterocycles. The van der Waals surface area contributed by atoms with Crippen molar-refractivity contribution < 1.29 is 34.2 Å². The Morgan fingerprint density at radius 2 is 2.12 bits per heavy atom. The summed E-state index contributed by atoms with van der Waals surface area (Å²) in [6.07, 6.45) is 1.38. The first kappa shape index (κ1) is 23.3. The third-order valence-corrected chi connectivity index (χ3v) is 6.57. The number of allylic oxidation sites excluding steroid dienone is 1. The predicted octanol–water partition coefficient (Wildman–Crippen LogP) is 0.234. The Balaban J connectivity index is 1.84. The molecule has 0 saturated carbocycles.